The summed E-state index contributed by atoms with van der Waals surface area (Å²) >= 11 is 2.05. The molecule has 1 fully saturated rings. The molecule has 2 nitrogen and oxygen atoms in total. The maximum atomic E-state index is 3.55. The topological polar surface area (TPSA) is 15.3 Å². The van der Waals surface area contributed by atoms with Gasteiger partial charge < -0.3 is 10.2 Å². The third-order valence-electron chi connectivity index (χ3n) is 3.42. The summed E-state index contributed by atoms with van der Waals surface area (Å²) in [6.45, 7) is 11.8. The first-order valence-electron chi connectivity index (χ1n) is 7.01. The van der Waals surface area contributed by atoms with Crippen molar-refractivity contribution in [2.75, 3.05) is 32.4 Å². The number of likely N-dealkylation sites (tertiary alicyclic amines) is 1. The van der Waals surface area contributed by atoms with Crippen LogP contribution in [0.2, 0.25) is 0 Å². The van der Waals surface area contributed by atoms with Crippen LogP contribution in [0.3, 0.4) is 0 Å². The summed E-state index contributed by atoms with van der Waals surface area (Å²) in [4.78, 5) is 2.64. The second-order valence-electron chi connectivity index (χ2n) is 6.16. The molecule has 0 amide bonds. The minimum atomic E-state index is 0.274. The number of piperidine rings is 1. The zero-order valence-corrected chi connectivity index (χ0v) is 12.9. The molecule has 0 aromatic rings. The van der Waals surface area contributed by atoms with Gasteiger partial charge in [-0.25, -0.2) is 0 Å². The van der Waals surface area contributed by atoms with Gasteiger partial charge in [0.2, 0.25) is 0 Å². The van der Waals surface area contributed by atoms with Crippen molar-refractivity contribution in [3.63, 3.8) is 0 Å². The average molecular weight is 258 g/mol. The Balaban J connectivity index is 1.97. The van der Waals surface area contributed by atoms with E-state index in [0.29, 0.717) is 0 Å². The van der Waals surface area contributed by atoms with Crippen LogP contribution >= 0.6 is 11.8 Å². The van der Waals surface area contributed by atoms with E-state index >= 15 is 0 Å². The van der Waals surface area contributed by atoms with Gasteiger partial charge in [0.05, 0.1) is 0 Å². The maximum Gasteiger partial charge on any atom is 0.00965 e. The number of unbranched alkanes of at least 4 members (excludes halogenated alkanes) is 1. The standard InChI is InChI=1S/C14H30N2S/c1-14(2,3)15-9-5-6-10-16-11-7-13(17-4)8-12-16/h13,15H,5-12H2,1-4H3. The van der Waals surface area contributed by atoms with Crippen LogP contribution in [0.25, 0.3) is 0 Å². The summed E-state index contributed by atoms with van der Waals surface area (Å²) in [6, 6.07) is 0. The van der Waals surface area contributed by atoms with Crippen molar-refractivity contribution in [3.8, 4) is 0 Å². The minimum absolute atomic E-state index is 0.274. The molecular weight excluding hydrogens is 228 g/mol. The van der Waals surface area contributed by atoms with Crippen molar-refractivity contribution in [1.29, 1.82) is 0 Å². The molecule has 0 saturated carbocycles. The van der Waals surface area contributed by atoms with E-state index in [1.807, 2.05) is 11.8 Å². The first-order chi connectivity index (χ1) is 8.01. The van der Waals surface area contributed by atoms with Crippen molar-refractivity contribution in [2.45, 2.75) is 57.2 Å². The second kappa shape index (κ2) is 7.65. The lowest BCUT2D eigenvalue weighted by atomic mass is 10.1. The van der Waals surface area contributed by atoms with Crippen LogP contribution in [0, 0.1) is 0 Å². The quantitative estimate of drug-likeness (QED) is 0.737. The Bertz CT molecular complexity index is 193. The van der Waals surface area contributed by atoms with E-state index in [2.05, 4.69) is 37.2 Å². The molecule has 0 radical (unpaired) electrons. The van der Waals surface area contributed by atoms with Crippen LogP contribution in [0.5, 0.6) is 0 Å². The number of hydrogen-bond acceptors (Lipinski definition) is 3. The van der Waals surface area contributed by atoms with Crippen LogP contribution in [0.1, 0.15) is 46.5 Å². The van der Waals surface area contributed by atoms with Crippen molar-refractivity contribution < 1.29 is 0 Å². The third-order valence-corrected chi connectivity index (χ3v) is 4.56. The van der Waals surface area contributed by atoms with Crippen molar-refractivity contribution in [1.82, 2.24) is 10.2 Å². The molecule has 0 unspecified atom stereocenters. The predicted molar refractivity (Wildman–Crippen MR) is 80.0 cm³/mol. The van der Waals surface area contributed by atoms with Crippen molar-refractivity contribution in [2.24, 2.45) is 0 Å². The number of nitrogens with zero attached hydrogens (tertiary/aromatic N) is 1. The molecule has 1 heterocycles. The molecule has 1 rings (SSSR count). The van der Waals surface area contributed by atoms with Gasteiger partial charge >= 0.3 is 0 Å². The van der Waals surface area contributed by atoms with Gasteiger partial charge in [-0.3, -0.25) is 0 Å². The summed E-state index contributed by atoms with van der Waals surface area (Å²) in [5.74, 6) is 0. The Morgan fingerprint density at radius 3 is 2.35 bits per heavy atom. The fourth-order valence-corrected chi connectivity index (χ4v) is 2.97. The van der Waals surface area contributed by atoms with Crippen LogP contribution < -0.4 is 5.32 Å². The van der Waals surface area contributed by atoms with Crippen LogP contribution in [-0.2, 0) is 0 Å². The molecule has 0 aliphatic carbocycles. The molecule has 1 aliphatic heterocycles. The summed E-state index contributed by atoms with van der Waals surface area (Å²) in [6.07, 6.45) is 7.67. The highest BCUT2D eigenvalue weighted by molar-refractivity contribution is 7.99. The lowest BCUT2D eigenvalue weighted by Gasteiger charge is -2.31. The molecule has 0 aromatic heterocycles. The molecule has 0 atom stereocenters. The van der Waals surface area contributed by atoms with Gasteiger partial charge in [0.1, 0.15) is 0 Å². The van der Waals surface area contributed by atoms with E-state index in [1.165, 1.54) is 45.3 Å². The lowest BCUT2D eigenvalue weighted by Crippen LogP contribution is -2.37. The van der Waals surface area contributed by atoms with Crippen LogP contribution in [-0.4, -0.2) is 48.1 Å². The molecule has 17 heavy (non-hydrogen) atoms. The summed E-state index contributed by atoms with van der Waals surface area (Å²) in [5, 5.41) is 4.48. The highest BCUT2D eigenvalue weighted by atomic mass is 32.2. The van der Waals surface area contributed by atoms with Crippen LogP contribution in [0.15, 0.2) is 0 Å². The highest BCUT2D eigenvalue weighted by Crippen LogP contribution is 2.20. The second-order valence-corrected chi connectivity index (χ2v) is 7.30. The predicted octanol–water partition coefficient (Wildman–Crippen LogP) is 2.98. The van der Waals surface area contributed by atoms with Gasteiger partial charge in [0.25, 0.3) is 0 Å². The van der Waals surface area contributed by atoms with E-state index in [9.17, 15) is 0 Å². The zero-order valence-electron chi connectivity index (χ0n) is 12.1. The third kappa shape index (κ3) is 7.32. The average Bonchev–Trinajstić information content (AvgIpc) is 2.28. The number of hydrogen-bond donors (Lipinski definition) is 1. The van der Waals surface area contributed by atoms with Crippen LogP contribution in [0.4, 0.5) is 0 Å². The fourth-order valence-electron chi connectivity index (χ4n) is 2.29. The smallest absolute Gasteiger partial charge is 0.00965 e. The fraction of sp³-hybridized carbons (Fsp3) is 1.00. The Labute approximate surface area is 112 Å². The number of rotatable bonds is 6. The molecule has 1 saturated heterocycles. The van der Waals surface area contributed by atoms with Gasteiger partial charge in [0, 0.05) is 10.8 Å². The van der Waals surface area contributed by atoms with E-state index in [0.717, 1.165) is 11.8 Å². The van der Waals surface area contributed by atoms with E-state index in [1.54, 1.807) is 0 Å². The van der Waals surface area contributed by atoms with Crippen molar-refractivity contribution >= 4 is 11.8 Å². The molecule has 0 spiro atoms. The Morgan fingerprint density at radius 1 is 1.18 bits per heavy atom. The van der Waals surface area contributed by atoms with Gasteiger partial charge in [-0.05, 0) is 78.9 Å². The Hall–Kier alpha value is 0.270. The number of thioether (sulfide) groups is 1. The molecule has 1 N–H and O–H groups in total. The highest BCUT2D eigenvalue weighted by Gasteiger charge is 2.17. The molecule has 1 aliphatic rings. The Morgan fingerprint density at radius 2 is 1.82 bits per heavy atom. The van der Waals surface area contributed by atoms with Gasteiger partial charge in [-0.15, -0.1) is 0 Å². The maximum absolute atomic E-state index is 3.55. The van der Waals surface area contributed by atoms with E-state index in [4.69, 9.17) is 0 Å². The summed E-state index contributed by atoms with van der Waals surface area (Å²) in [7, 11) is 0. The first kappa shape index (κ1) is 15.3. The molecule has 0 aromatic carbocycles. The normalized spacial score (nSPS) is 19.8. The monoisotopic (exact) mass is 258 g/mol. The summed E-state index contributed by atoms with van der Waals surface area (Å²) < 4.78 is 0. The zero-order chi connectivity index (χ0) is 12.7. The van der Waals surface area contributed by atoms with E-state index in [-0.39, 0.29) is 5.54 Å². The molecule has 0 bridgehead atoms. The molecule has 3 heteroatoms. The Kier molecular flexibility index (Phi) is 6.90. The SMILES string of the molecule is CSC1CCN(CCCCNC(C)(C)C)CC1. The van der Waals surface area contributed by atoms with E-state index < -0.39 is 0 Å². The first-order valence-corrected chi connectivity index (χ1v) is 8.30. The summed E-state index contributed by atoms with van der Waals surface area (Å²) in [5.41, 5.74) is 0.274. The molecule has 102 valence electrons. The van der Waals surface area contributed by atoms with Gasteiger partial charge in [0.15, 0.2) is 0 Å². The lowest BCUT2D eigenvalue weighted by molar-refractivity contribution is 0.227. The molecular formula is C14H30N2S. The minimum Gasteiger partial charge on any atom is -0.312 e. The number of nitrogens with one attached hydrogen (secondary N) is 1. The van der Waals surface area contributed by atoms with Crippen molar-refractivity contribution in [3.05, 3.63) is 0 Å². The van der Waals surface area contributed by atoms with Gasteiger partial charge in [-0.2, -0.15) is 11.8 Å². The largest absolute Gasteiger partial charge is 0.312 e. The van der Waals surface area contributed by atoms with Gasteiger partial charge in [-0.1, -0.05) is 0 Å².